The Hall–Kier alpha value is -16.3. The van der Waals surface area contributed by atoms with Crippen molar-refractivity contribution in [2.24, 2.45) is 0 Å². The molecule has 0 fully saturated rings. The Morgan fingerprint density at radius 2 is 0.489 bits per heavy atom. The molecule has 0 aromatic heterocycles. The van der Waals surface area contributed by atoms with Gasteiger partial charge in [-0.2, -0.15) is 0 Å². The molecule has 133 heavy (non-hydrogen) atoms. The summed E-state index contributed by atoms with van der Waals surface area (Å²) >= 11 is 13.7. The van der Waals surface area contributed by atoms with Crippen LogP contribution in [0.4, 0.5) is 68.2 Å². The van der Waals surface area contributed by atoms with Crippen molar-refractivity contribution >= 4 is 102 Å². The Bertz CT molecular complexity index is 7780. The maximum absolute atomic E-state index is 6.85. The highest BCUT2D eigenvalue weighted by Crippen LogP contribution is 2.60. The zero-order valence-electron chi connectivity index (χ0n) is 73.3. The highest BCUT2D eigenvalue weighted by Gasteiger charge is 2.47. The van der Waals surface area contributed by atoms with E-state index in [4.69, 9.17) is 23.2 Å². The Balaban J connectivity index is 0.000000156. The molecule has 0 heterocycles. The summed E-state index contributed by atoms with van der Waals surface area (Å²) in [6, 6.07) is 190. The van der Waals surface area contributed by atoms with E-state index in [1.54, 1.807) is 0 Å². The van der Waals surface area contributed by atoms with Crippen LogP contribution in [0.15, 0.2) is 528 Å². The van der Waals surface area contributed by atoms with Crippen LogP contribution in [0.5, 0.6) is 0 Å². The van der Waals surface area contributed by atoms with Crippen molar-refractivity contribution in [3.63, 3.8) is 0 Å². The monoisotopic (exact) mass is 1740 g/mol. The molecule has 0 saturated carbocycles. The van der Waals surface area contributed by atoms with Gasteiger partial charge in [0, 0.05) is 83.7 Å². The molecule has 6 heteroatoms. The largest absolute Gasteiger partial charge is 0.310 e. The molecule has 632 valence electrons. The van der Waals surface area contributed by atoms with E-state index >= 15 is 0 Å². The Labute approximate surface area is 788 Å². The summed E-state index contributed by atoms with van der Waals surface area (Å²) in [7, 11) is 0. The average molecular weight is 1740 g/mol. The van der Waals surface area contributed by atoms with E-state index in [2.05, 4.69) is 524 Å². The minimum Gasteiger partial charge on any atom is -0.310 e. The third kappa shape index (κ3) is 15.5. The average Bonchev–Trinajstić information content (AvgIpc) is 1.58. The highest BCUT2D eigenvalue weighted by atomic mass is 35.5. The van der Waals surface area contributed by atoms with Crippen molar-refractivity contribution in [2.45, 2.75) is 17.8 Å². The number of halogens is 2. The van der Waals surface area contributed by atoms with Crippen LogP contribution in [0.25, 0.3) is 88.7 Å². The summed E-state index contributed by atoms with van der Waals surface area (Å²) < 4.78 is 0. The SMILES string of the molecule is CC1(c2ccccc2)c2cc(-c3ccccc3)ccc2-c2cccc(-c3cccc(N(c4cccc(Cl)c4)c4cccc(N(c5ccccc5)c5cccc(-c6cccc7ccccc67)c5)c4)c3)c21.Clc1cccc(N(c2cccc(-c3cccc4c3-c3ccccc3C4(c3ccccc3)c3ccccc3)c2)c2cccc(N(c3ccccc3)c3cccc(-c4ccccc4)c3)c2)c1. The van der Waals surface area contributed by atoms with E-state index in [0.717, 1.165) is 90.5 Å². The number of rotatable bonds is 20. The smallest absolute Gasteiger partial charge is 0.0713 e. The zero-order chi connectivity index (χ0) is 89.2. The number of benzene rings is 21. The van der Waals surface area contributed by atoms with Crippen molar-refractivity contribution in [1.82, 2.24) is 0 Å². The topological polar surface area (TPSA) is 13.0 Å². The minimum atomic E-state index is -0.486. The fourth-order valence-electron chi connectivity index (χ4n) is 20.6. The maximum Gasteiger partial charge on any atom is 0.0713 e. The van der Waals surface area contributed by atoms with Crippen LogP contribution in [-0.4, -0.2) is 0 Å². The second kappa shape index (κ2) is 36.0. The second-order valence-electron chi connectivity index (χ2n) is 34.2. The molecule has 4 nitrogen and oxygen atoms in total. The van der Waals surface area contributed by atoms with Gasteiger partial charge in [-0.15, -0.1) is 0 Å². The molecule has 23 rings (SSSR count). The van der Waals surface area contributed by atoms with Crippen molar-refractivity contribution < 1.29 is 0 Å². The van der Waals surface area contributed by atoms with E-state index in [9.17, 15) is 0 Å². The van der Waals surface area contributed by atoms with Gasteiger partial charge in [-0.05, 0) is 286 Å². The summed E-state index contributed by atoms with van der Waals surface area (Å²) in [5.74, 6) is 0. The number of hydrogen-bond acceptors (Lipinski definition) is 4. The second-order valence-corrected chi connectivity index (χ2v) is 35.1. The molecule has 0 spiro atoms. The Kier molecular flexibility index (Phi) is 22.3. The third-order valence-corrected chi connectivity index (χ3v) is 26.9. The molecule has 0 radical (unpaired) electrons. The van der Waals surface area contributed by atoms with Gasteiger partial charge in [-0.3, -0.25) is 0 Å². The highest BCUT2D eigenvalue weighted by molar-refractivity contribution is 6.31. The van der Waals surface area contributed by atoms with E-state index in [0.29, 0.717) is 10.0 Å². The van der Waals surface area contributed by atoms with Gasteiger partial charge < -0.3 is 19.6 Å². The van der Waals surface area contributed by atoms with Gasteiger partial charge in [0.15, 0.2) is 0 Å². The van der Waals surface area contributed by atoms with Gasteiger partial charge in [0.1, 0.15) is 0 Å². The molecule has 1 atom stereocenters. The minimum absolute atomic E-state index is 0.421. The van der Waals surface area contributed by atoms with Gasteiger partial charge >= 0.3 is 0 Å². The quantitative estimate of drug-likeness (QED) is 0.0754. The Morgan fingerprint density at radius 3 is 1.00 bits per heavy atom. The first-order valence-corrected chi connectivity index (χ1v) is 46.1. The first-order valence-electron chi connectivity index (χ1n) is 45.4. The van der Waals surface area contributed by atoms with Crippen LogP contribution in [0.1, 0.15) is 45.9 Å². The number of anilines is 12. The van der Waals surface area contributed by atoms with Crippen LogP contribution in [-0.2, 0) is 10.8 Å². The van der Waals surface area contributed by atoms with Crippen LogP contribution in [0, 0.1) is 0 Å². The van der Waals surface area contributed by atoms with Crippen LogP contribution < -0.4 is 19.6 Å². The molecular formula is C127H90Cl2N4. The maximum atomic E-state index is 6.85. The predicted octanol–water partition coefficient (Wildman–Crippen LogP) is 35.7. The third-order valence-electron chi connectivity index (χ3n) is 26.5. The molecule has 21 aromatic rings. The molecule has 2 aliphatic rings. The molecule has 2 aliphatic carbocycles. The van der Waals surface area contributed by atoms with E-state index in [-0.39, 0.29) is 0 Å². The van der Waals surface area contributed by atoms with Gasteiger partial charge in [0.2, 0.25) is 0 Å². The number of hydrogen-bond donors (Lipinski definition) is 0. The van der Waals surface area contributed by atoms with E-state index in [1.165, 1.54) is 105 Å². The van der Waals surface area contributed by atoms with Gasteiger partial charge in [-0.25, -0.2) is 0 Å². The van der Waals surface area contributed by atoms with Crippen molar-refractivity contribution in [3.05, 3.63) is 577 Å². The first-order chi connectivity index (χ1) is 65.7. The molecule has 1 unspecified atom stereocenters. The van der Waals surface area contributed by atoms with Crippen molar-refractivity contribution in [3.8, 4) is 77.9 Å². The molecule has 0 aliphatic heterocycles. The van der Waals surface area contributed by atoms with E-state index in [1.807, 2.05) is 30.3 Å². The van der Waals surface area contributed by atoms with Crippen LogP contribution in [0.2, 0.25) is 10.0 Å². The van der Waals surface area contributed by atoms with Gasteiger partial charge in [-0.1, -0.05) is 399 Å². The van der Waals surface area contributed by atoms with Gasteiger partial charge in [0.25, 0.3) is 0 Å². The summed E-state index contributed by atoms with van der Waals surface area (Å²) in [6.07, 6.45) is 0. The number of nitrogens with zero attached hydrogens (tertiary/aromatic N) is 4. The summed E-state index contributed by atoms with van der Waals surface area (Å²) in [4.78, 5) is 9.33. The van der Waals surface area contributed by atoms with Crippen molar-refractivity contribution in [2.75, 3.05) is 19.6 Å². The lowest BCUT2D eigenvalue weighted by Crippen LogP contribution is -2.28. The first kappa shape index (κ1) is 82.4. The Morgan fingerprint density at radius 1 is 0.180 bits per heavy atom. The summed E-state index contributed by atoms with van der Waals surface area (Å²) in [5.41, 5.74) is 37.3. The number of fused-ring (bicyclic) bond motifs is 7. The molecule has 0 bridgehead atoms. The molecule has 0 N–H and O–H groups in total. The number of para-hydroxylation sites is 2. The lowest BCUT2D eigenvalue weighted by molar-refractivity contribution is 0.716. The fourth-order valence-corrected chi connectivity index (χ4v) is 21.0. The standard InChI is InChI=1S/C66H47ClN2.C61H43ClN2/c1-66(51-25-7-3-8-26-51)64-43-48(46-19-5-2-6-20-46)39-40-62(64)63-38-18-37-61(65(63)66)50-24-14-31-55(42-50)69(56-32-16-27-52(67)44-56)58-34-17-33-57(45-58)68(53-28-9-4-10-29-53)54-30-13-23-49(41-54)60-36-15-22-47-21-11-12-35-59(47)60;62-49-28-17-33-53(42-49)64(55-35-18-34-54(43-55)63(50-29-11-4-12-30-50)51-31-15-22-45(40-51)44-20-5-1-6-21-44)52-32-16-23-46(41-52)56-37-19-39-59-60(56)57-36-13-14-38-58(57)61(59,47-24-7-2-8-25-47)48-26-9-3-10-27-48/h2-45H,1H3;1-43H. The molecule has 0 saturated heterocycles. The van der Waals surface area contributed by atoms with Crippen LogP contribution in [0.3, 0.4) is 0 Å². The molecule has 21 aromatic carbocycles. The lowest BCUT2D eigenvalue weighted by Gasteiger charge is -2.34. The molecular weight excluding hydrogens is 1650 g/mol. The zero-order valence-corrected chi connectivity index (χ0v) is 74.8. The summed E-state index contributed by atoms with van der Waals surface area (Å²) in [6.45, 7) is 2.41. The lowest BCUT2D eigenvalue weighted by atomic mass is 9.67. The normalized spacial score (nSPS) is 13.0. The predicted molar refractivity (Wildman–Crippen MR) is 561 cm³/mol. The summed E-state index contributed by atoms with van der Waals surface area (Å²) in [5, 5.41) is 3.81. The van der Waals surface area contributed by atoms with Crippen molar-refractivity contribution in [1.29, 1.82) is 0 Å². The van der Waals surface area contributed by atoms with E-state index < -0.39 is 10.8 Å². The van der Waals surface area contributed by atoms with Gasteiger partial charge in [0.05, 0.1) is 5.41 Å². The van der Waals surface area contributed by atoms with Crippen LogP contribution >= 0.6 is 23.2 Å². The fraction of sp³-hybridized carbons (Fsp3) is 0.0236. The molecule has 0 amide bonds.